The molecule has 1 N–H and O–H groups in total. The molecular weight excluding hydrogens is 342 g/mol. The van der Waals surface area contributed by atoms with Crippen molar-refractivity contribution in [3.8, 4) is 11.5 Å². The molecule has 0 saturated carbocycles. The Balaban J connectivity index is 1.43. The summed E-state index contributed by atoms with van der Waals surface area (Å²) in [6, 6.07) is 8.47. The number of aryl methyl sites for hydroxylation is 1. The van der Waals surface area contributed by atoms with Crippen LogP contribution in [0.3, 0.4) is 0 Å². The molecule has 0 bridgehead atoms. The molecule has 0 spiro atoms. The number of nitrogens with one attached hydrogen (secondary N) is 1. The predicted octanol–water partition coefficient (Wildman–Crippen LogP) is 2.74. The van der Waals surface area contributed by atoms with Crippen molar-refractivity contribution < 1.29 is 9.47 Å². The second kappa shape index (κ2) is 7.44. The normalized spacial score (nSPS) is 17.4. The number of methoxy groups -OCH3 is 2. The van der Waals surface area contributed by atoms with E-state index in [1.165, 1.54) is 5.56 Å². The van der Waals surface area contributed by atoms with E-state index in [9.17, 15) is 0 Å². The summed E-state index contributed by atoms with van der Waals surface area (Å²) < 4.78 is 12.6. The number of likely N-dealkylation sites (tertiary alicyclic amines) is 1. The lowest BCUT2D eigenvalue weighted by molar-refractivity contribution is 0.326. The molecule has 1 aliphatic heterocycles. The standard InChI is InChI=1S/C20H25N5O2/c1-14-8-19-20(21-5-7-25(19)23-14)22-16-4-6-24(13-16)12-15-9-17(26-2)11-18(10-15)27-3/h5,7-11,16H,4,6,12-13H2,1-3H3,(H,21,22). The maximum Gasteiger partial charge on any atom is 0.152 e. The monoisotopic (exact) mass is 367 g/mol. The van der Waals surface area contributed by atoms with Gasteiger partial charge < -0.3 is 14.8 Å². The van der Waals surface area contributed by atoms with Crippen LogP contribution in [0.2, 0.25) is 0 Å². The molecule has 3 aromatic rings. The first kappa shape index (κ1) is 17.6. The van der Waals surface area contributed by atoms with E-state index in [1.54, 1.807) is 20.4 Å². The summed E-state index contributed by atoms with van der Waals surface area (Å²) >= 11 is 0. The van der Waals surface area contributed by atoms with E-state index in [0.717, 1.165) is 54.6 Å². The summed E-state index contributed by atoms with van der Waals surface area (Å²) in [5, 5.41) is 8.05. The van der Waals surface area contributed by atoms with Crippen molar-refractivity contribution in [2.45, 2.75) is 25.9 Å². The highest BCUT2D eigenvalue weighted by Crippen LogP contribution is 2.25. The molecule has 1 aromatic carbocycles. The first-order valence-electron chi connectivity index (χ1n) is 9.16. The highest BCUT2D eigenvalue weighted by molar-refractivity contribution is 5.68. The summed E-state index contributed by atoms with van der Waals surface area (Å²) in [5.74, 6) is 2.54. The van der Waals surface area contributed by atoms with Crippen LogP contribution in [0.25, 0.3) is 5.52 Å². The number of hydrogen-bond donors (Lipinski definition) is 1. The third-order valence-electron chi connectivity index (χ3n) is 4.94. The molecule has 3 heterocycles. The van der Waals surface area contributed by atoms with Crippen LogP contribution in [0.15, 0.2) is 36.7 Å². The number of aromatic nitrogens is 3. The van der Waals surface area contributed by atoms with Crippen molar-refractivity contribution in [3.05, 3.63) is 47.9 Å². The molecule has 1 saturated heterocycles. The van der Waals surface area contributed by atoms with E-state index in [-0.39, 0.29) is 0 Å². The van der Waals surface area contributed by atoms with E-state index >= 15 is 0 Å². The lowest BCUT2D eigenvalue weighted by Crippen LogP contribution is -2.26. The molecule has 2 aromatic heterocycles. The van der Waals surface area contributed by atoms with Gasteiger partial charge in [-0.25, -0.2) is 9.50 Å². The smallest absolute Gasteiger partial charge is 0.152 e. The molecule has 1 fully saturated rings. The van der Waals surface area contributed by atoms with Gasteiger partial charge >= 0.3 is 0 Å². The third-order valence-corrected chi connectivity index (χ3v) is 4.94. The molecule has 4 rings (SSSR count). The van der Waals surface area contributed by atoms with Crippen LogP contribution in [0, 0.1) is 6.92 Å². The Bertz CT molecular complexity index is 917. The molecular formula is C20H25N5O2. The highest BCUT2D eigenvalue weighted by atomic mass is 16.5. The maximum atomic E-state index is 5.38. The highest BCUT2D eigenvalue weighted by Gasteiger charge is 2.23. The van der Waals surface area contributed by atoms with Gasteiger partial charge in [0.25, 0.3) is 0 Å². The van der Waals surface area contributed by atoms with Crippen LogP contribution in [0.5, 0.6) is 11.5 Å². The third kappa shape index (κ3) is 3.83. The van der Waals surface area contributed by atoms with Crippen molar-refractivity contribution in [1.82, 2.24) is 19.5 Å². The Morgan fingerprint density at radius 2 is 1.93 bits per heavy atom. The fraction of sp³-hybridized carbons (Fsp3) is 0.400. The predicted molar refractivity (Wildman–Crippen MR) is 105 cm³/mol. The zero-order valence-electron chi connectivity index (χ0n) is 16.0. The average Bonchev–Trinajstić information content (AvgIpc) is 3.27. The van der Waals surface area contributed by atoms with Crippen molar-refractivity contribution in [3.63, 3.8) is 0 Å². The number of hydrogen-bond acceptors (Lipinski definition) is 6. The van der Waals surface area contributed by atoms with Crippen LogP contribution in [0.1, 0.15) is 17.7 Å². The zero-order chi connectivity index (χ0) is 18.8. The Labute approximate surface area is 158 Å². The summed E-state index contributed by atoms with van der Waals surface area (Å²) in [6.07, 6.45) is 4.75. The summed E-state index contributed by atoms with van der Waals surface area (Å²) in [6.45, 7) is 4.87. The molecule has 27 heavy (non-hydrogen) atoms. The maximum absolute atomic E-state index is 5.38. The topological polar surface area (TPSA) is 63.9 Å². The molecule has 1 unspecified atom stereocenters. The minimum atomic E-state index is 0.367. The first-order valence-corrected chi connectivity index (χ1v) is 9.16. The van der Waals surface area contributed by atoms with Gasteiger partial charge in [-0.2, -0.15) is 5.10 Å². The van der Waals surface area contributed by atoms with E-state index in [2.05, 4.69) is 38.5 Å². The fourth-order valence-electron chi connectivity index (χ4n) is 3.66. The van der Waals surface area contributed by atoms with Crippen molar-refractivity contribution in [1.29, 1.82) is 0 Å². The second-order valence-electron chi connectivity index (χ2n) is 6.98. The average molecular weight is 367 g/mol. The van der Waals surface area contributed by atoms with E-state index < -0.39 is 0 Å². The minimum Gasteiger partial charge on any atom is -0.497 e. The van der Waals surface area contributed by atoms with Gasteiger partial charge in [0.05, 0.1) is 19.9 Å². The van der Waals surface area contributed by atoms with Gasteiger partial charge in [-0.1, -0.05) is 0 Å². The number of ether oxygens (including phenoxy) is 2. The zero-order valence-corrected chi connectivity index (χ0v) is 16.0. The Kier molecular flexibility index (Phi) is 4.85. The van der Waals surface area contributed by atoms with E-state index in [4.69, 9.17) is 9.47 Å². The summed E-state index contributed by atoms with van der Waals surface area (Å²) in [7, 11) is 3.36. The van der Waals surface area contributed by atoms with E-state index in [0.29, 0.717) is 6.04 Å². The van der Waals surface area contributed by atoms with Crippen LogP contribution in [-0.4, -0.2) is 52.8 Å². The van der Waals surface area contributed by atoms with Gasteiger partial charge in [0.2, 0.25) is 0 Å². The van der Waals surface area contributed by atoms with Crippen molar-refractivity contribution >= 4 is 11.3 Å². The van der Waals surface area contributed by atoms with Gasteiger partial charge in [-0.15, -0.1) is 0 Å². The molecule has 0 amide bonds. The molecule has 1 atom stereocenters. The number of fused-ring (bicyclic) bond motifs is 1. The summed E-state index contributed by atoms with van der Waals surface area (Å²) in [4.78, 5) is 6.95. The number of benzene rings is 1. The Morgan fingerprint density at radius 1 is 1.15 bits per heavy atom. The SMILES string of the molecule is COc1cc(CN2CCC(Nc3nccn4nc(C)cc34)C2)cc(OC)c1. The van der Waals surface area contributed by atoms with Gasteiger partial charge in [0, 0.05) is 44.1 Å². The molecule has 1 aliphatic rings. The van der Waals surface area contributed by atoms with Gasteiger partial charge in [-0.3, -0.25) is 4.90 Å². The van der Waals surface area contributed by atoms with Crippen molar-refractivity contribution in [2.75, 3.05) is 32.6 Å². The van der Waals surface area contributed by atoms with Gasteiger partial charge in [-0.05, 0) is 37.1 Å². The van der Waals surface area contributed by atoms with Crippen molar-refractivity contribution in [2.24, 2.45) is 0 Å². The van der Waals surface area contributed by atoms with Crippen LogP contribution >= 0.6 is 0 Å². The number of anilines is 1. The number of nitrogens with zero attached hydrogens (tertiary/aromatic N) is 4. The van der Waals surface area contributed by atoms with Crippen LogP contribution in [-0.2, 0) is 6.54 Å². The molecule has 7 nitrogen and oxygen atoms in total. The summed E-state index contributed by atoms with van der Waals surface area (Å²) in [5.41, 5.74) is 3.20. The Morgan fingerprint density at radius 3 is 2.67 bits per heavy atom. The van der Waals surface area contributed by atoms with Crippen LogP contribution < -0.4 is 14.8 Å². The largest absolute Gasteiger partial charge is 0.497 e. The molecule has 142 valence electrons. The lowest BCUT2D eigenvalue weighted by Gasteiger charge is -2.18. The molecule has 0 aliphatic carbocycles. The van der Waals surface area contributed by atoms with E-state index in [1.807, 2.05) is 23.7 Å². The Hall–Kier alpha value is -2.80. The van der Waals surface area contributed by atoms with Crippen LogP contribution in [0.4, 0.5) is 5.82 Å². The van der Waals surface area contributed by atoms with Gasteiger partial charge in [0.1, 0.15) is 17.0 Å². The quantitative estimate of drug-likeness (QED) is 0.723. The second-order valence-corrected chi connectivity index (χ2v) is 6.98. The van der Waals surface area contributed by atoms with Gasteiger partial charge in [0.15, 0.2) is 5.82 Å². The molecule has 0 radical (unpaired) electrons. The first-order chi connectivity index (χ1) is 13.1. The fourth-order valence-corrected chi connectivity index (χ4v) is 3.66. The lowest BCUT2D eigenvalue weighted by atomic mass is 10.2. The minimum absolute atomic E-state index is 0.367. The molecule has 7 heteroatoms. The number of rotatable bonds is 6.